The Morgan fingerprint density at radius 3 is 2.65 bits per heavy atom. The van der Waals surface area contributed by atoms with Crippen molar-refractivity contribution in [3.63, 3.8) is 0 Å². The second-order valence-electron chi connectivity index (χ2n) is 4.59. The monoisotopic (exact) mass is 282 g/mol. The van der Waals surface area contributed by atoms with E-state index in [4.69, 9.17) is 4.52 Å². The molecule has 20 heavy (non-hydrogen) atoms. The maximum atomic E-state index is 11.9. The van der Waals surface area contributed by atoms with Crippen LogP contribution in [0.5, 0.6) is 0 Å². The van der Waals surface area contributed by atoms with Gasteiger partial charge in [-0.3, -0.25) is 4.79 Å². The zero-order valence-corrected chi connectivity index (χ0v) is 12.4. The number of amides is 3. The predicted molar refractivity (Wildman–Crippen MR) is 75.4 cm³/mol. The van der Waals surface area contributed by atoms with Gasteiger partial charge in [0.15, 0.2) is 5.82 Å². The quantitative estimate of drug-likeness (QED) is 0.832. The van der Waals surface area contributed by atoms with Crippen molar-refractivity contribution >= 4 is 17.8 Å². The Morgan fingerprint density at radius 2 is 2.15 bits per heavy atom. The standard InChI is InChI=1S/C13H22N4O3/c1-5-9(3)17(13(19)14-6-2)8-12(18)15-11-7-10(4)20-16-11/h7,9H,5-6,8H2,1-4H3,(H,14,19)(H,15,16,18). The lowest BCUT2D eigenvalue weighted by Gasteiger charge is -2.27. The van der Waals surface area contributed by atoms with Crippen molar-refractivity contribution in [1.82, 2.24) is 15.4 Å². The van der Waals surface area contributed by atoms with Crippen LogP contribution in [-0.4, -0.2) is 41.1 Å². The Morgan fingerprint density at radius 1 is 1.45 bits per heavy atom. The SMILES string of the molecule is CCNC(=O)N(CC(=O)Nc1cc(C)on1)C(C)CC. The number of carbonyl (C=O) groups is 2. The molecule has 112 valence electrons. The minimum absolute atomic E-state index is 0.0211. The third-order valence-corrected chi connectivity index (χ3v) is 2.92. The van der Waals surface area contributed by atoms with E-state index in [0.717, 1.165) is 6.42 Å². The van der Waals surface area contributed by atoms with Crippen molar-refractivity contribution in [2.75, 3.05) is 18.4 Å². The Bertz CT molecular complexity index is 458. The second kappa shape index (κ2) is 7.52. The summed E-state index contributed by atoms with van der Waals surface area (Å²) in [6.07, 6.45) is 0.771. The lowest BCUT2D eigenvalue weighted by Crippen LogP contribution is -2.48. The number of aromatic nitrogens is 1. The normalized spacial score (nSPS) is 11.8. The molecule has 1 rings (SSSR count). The van der Waals surface area contributed by atoms with Gasteiger partial charge in [0.25, 0.3) is 0 Å². The molecule has 0 bridgehead atoms. The van der Waals surface area contributed by atoms with Gasteiger partial charge in [0.05, 0.1) is 0 Å². The zero-order valence-electron chi connectivity index (χ0n) is 12.4. The number of urea groups is 1. The fraction of sp³-hybridized carbons (Fsp3) is 0.615. The van der Waals surface area contributed by atoms with Crippen molar-refractivity contribution in [3.8, 4) is 0 Å². The molecule has 7 nitrogen and oxygen atoms in total. The minimum atomic E-state index is -0.301. The minimum Gasteiger partial charge on any atom is -0.360 e. The molecular weight excluding hydrogens is 260 g/mol. The lowest BCUT2D eigenvalue weighted by atomic mass is 10.2. The Balaban J connectivity index is 2.64. The van der Waals surface area contributed by atoms with Crippen molar-refractivity contribution in [2.24, 2.45) is 0 Å². The van der Waals surface area contributed by atoms with E-state index in [1.165, 1.54) is 4.90 Å². The van der Waals surface area contributed by atoms with E-state index in [1.807, 2.05) is 20.8 Å². The summed E-state index contributed by atoms with van der Waals surface area (Å²) in [4.78, 5) is 25.4. The van der Waals surface area contributed by atoms with Gasteiger partial charge in [-0.05, 0) is 27.2 Å². The van der Waals surface area contributed by atoms with Gasteiger partial charge in [0.2, 0.25) is 5.91 Å². The number of nitrogens with one attached hydrogen (secondary N) is 2. The van der Waals surface area contributed by atoms with Crippen molar-refractivity contribution in [2.45, 2.75) is 40.2 Å². The van der Waals surface area contributed by atoms with Crippen molar-refractivity contribution in [1.29, 1.82) is 0 Å². The summed E-state index contributed by atoms with van der Waals surface area (Å²) in [7, 11) is 0. The molecule has 7 heteroatoms. The summed E-state index contributed by atoms with van der Waals surface area (Å²) in [5.74, 6) is 0.667. The van der Waals surface area contributed by atoms with Crippen LogP contribution in [0.1, 0.15) is 33.0 Å². The Hall–Kier alpha value is -2.05. The fourth-order valence-corrected chi connectivity index (χ4v) is 1.66. The molecule has 1 unspecified atom stereocenters. The first-order valence-corrected chi connectivity index (χ1v) is 6.75. The van der Waals surface area contributed by atoms with E-state index >= 15 is 0 Å². The number of hydrogen-bond donors (Lipinski definition) is 2. The molecule has 3 amide bonds. The van der Waals surface area contributed by atoms with E-state index < -0.39 is 0 Å². The summed E-state index contributed by atoms with van der Waals surface area (Å²) in [5, 5.41) is 8.99. The zero-order chi connectivity index (χ0) is 15.1. The molecule has 1 aromatic heterocycles. The summed E-state index contributed by atoms with van der Waals surface area (Å²) in [6.45, 7) is 7.95. The molecular formula is C13H22N4O3. The number of anilines is 1. The van der Waals surface area contributed by atoms with Gasteiger partial charge in [-0.2, -0.15) is 0 Å². The first-order valence-electron chi connectivity index (χ1n) is 6.75. The van der Waals surface area contributed by atoms with Crippen LogP contribution < -0.4 is 10.6 Å². The van der Waals surface area contributed by atoms with Crippen LogP contribution in [0.2, 0.25) is 0 Å². The molecule has 1 heterocycles. The van der Waals surface area contributed by atoms with Crippen LogP contribution in [0.15, 0.2) is 10.6 Å². The van der Waals surface area contributed by atoms with Crippen molar-refractivity contribution < 1.29 is 14.1 Å². The first-order chi connectivity index (χ1) is 9.47. The molecule has 0 aromatic carbocycles. The summed E-state index contributed by atoms with van der Waals surface area (Å²) in [5.41, 5.74) is 0. The molecule has 2 N–H and O–H groups in total. The van der Waals surface area contributed by atoms with Gasteiger partial charge in [-0.1, -0.05) is 12.1 Å². The van der Waals surface area contributed by atoms with Gasteiger partial charge in [0.1, 0.15) is 12.3 Å². The third-order valence-electron chi connectivity index (χ3n) is 2.92. The van der Waals surface area contributed by atoms with Crippen LogP contribution in [0.3, 0.4) is 0 Å². The van der Waals surface area contributed by atoms with E-state index in [1.54, 1.807) is 13.0 Å². The largest absolute Gasteiger partial charge is 0.360 e. The number of rotatable bonds is 6. The lowest BCUT2D eigenvalue weighted by molar-refractivity contribution is -0.117. The number of aryl methyl sites for hydroxylation is 1. The second-order valence-corrected chi connectivity index (χ2v) is 4.59. The van der Waals surface area contributed by atoms with E-state index in [-0.39, 0.29) is 24.5 Å². The molecule has 0 fully saturated rings. The molecule has 0 aliphatic carbocycles. The van der Waals surface area contributed by atoms with Gasteiger partial charge < -0.3 is 20.1 Å². The van der Waals surface area contributed by atoms with E-state index in [0.29, 0.717) is 18.1 Å². The number of hydrogen-bond acceptors (Lipinski definition) is 4. The van der Waals surface area contributed by atoms with Gasteiger partial charge >= 0.3 is 6.03 Å². The predicted octanol–water partition coefficient (Wildman–Crippen LogP) is 1.75. The fourth-order valence-electron chi connectivity index (χ4n) is 1.66. The van der Waals surface area contributed by atoms with Crippen LogP contribution in [-0.2, 0) is 4.79 Å². The molecule has 0 aliphatic rings. The highest BCUT2D eigenvalue weighted by Crippen LogP contribution is 2.08. The number of carbonyl (C=O) groups excluding carboxylic acids is 2. The molecule has 0 saturated carbocycles. The van der Waals surface area contributed by atoms with Crippen LogP contribution >= 0.6 is 0 Å². The Labute approximate surface area is 118 Å². The molecule has 0 spiro atoms. The molecule has 0 aliphatic heterocycles. The highest BCUT2D eigenvalue weighted by Gasteiger charge is 2.21. The van der Waals surface area contributed by atoms with Crippen molar-refractivity contribution in [3.05, 3.63) is 11.8 Å². The third kappa shape index (κ3) is 4.56. The van der Waals surface area contributed by atoms with E-state index in [2.05, 4.69) is 15.8 Å². The average Bonchev–Trinajstić information content (AvgIpc) is 2.80. The maximum absolute atomic E-state index is 11.9. The maximum Gasteiger partial charge on any atom is 0.318 e. The van der Waals surface area contributed by atoms with Gasteiger partial charge in [0, 0.05) is 18.7 Å². The number of nitrogens with zero attached hydrogens (tertiary/aromatic N) is 2. The average molecular weight is 282 g/mol. The van der Waals surface area contributed by atoms with Crippen LogP contribution in [0.4, 0.5) is 10.6 Å². The van der Waals surface area contributed by atoms with Crippen LogP contribution in [0.25, 0.3) is 0 Å². The molecule has 1 atom stereocenters. The van der Waals surface area contributed by atoms with E-state index in [9.17, 15) is 9.59 Å². The molecule has 1 aromatic rings. The highest BCUT2D eigenvalue weighted by atomic mass is 16.5. The molecule has 0 saturated heterocycles. The van der Waals surface area contributed by atoms with Crippen LogP contribution in [0, 0.1) is 6.92 Å². The first kappa shape index (κ1) is 16.0. The summed E-state index contributed by atoms with van der Waals surface area (Å²) < 4.78 is 4.87. The summed E-state index contributed by atoms with van der Waals surface area (Å²) >= 11 is 0. The van der Waals surface area contributed by atoms with Gasteiger partial charge in [-0.15, -0.1) is 0 Å². The Kier molecular flexibility index (Phi) is 6.02. The molecule has 0 radical (unpaired) electrons. The topological polar surface area (TPSA) is 87.5 Å². The highest BCUT2D eigenvalue weighted by molar-refractivity contribution is 5.93. The smallest absolute Gasteiger partial charge is 0.318 e. The summed E-state index contributed by atoms with van der Waals surface area (Å²) in [6, 6.07) is 1.36. The van der Waals surface area contributed by atoms with Gasteiger partial charge in [-0.25, -0.2) is 4.79 Å².